The molecule has 1 rings (SSSR count). The zero-order valence-electron chi connectivity index (χ0n) is 8.37. The number of Topliss-reactive ketones (excluding diaryl/α,β-unsaturated/α-hetero) is 1. The van der Waals surface area contributed by atoms with Crippen LogP contribution < -0.4 is 0 Å². The molecule has 0 unspecified atom stereocenters. The quantitative estimate of drug-likeness (QED) is 0.616. The minimum atomic E-state index is -0.904. The van der Waals surface area contributed by atoms with E-state index in [0.717, 1.165) is 5.56 Å². The van der Waals surface area contributed by atoms with Gasteiger partial charge in [-0.25, -0.2) is 0 Å². The van der Waals surface area contributed by atoms with Gasteiger partial charge in [-0.05, 0) is 0 Å². The second kappa shape index (κ2) is 4.81. The van der Waals surface area contributed by atoms with Crippen molar-refractivity contribution >= 4 is 26.0 Å². The molecule has 0 amide bonds. The van der Waals surface area contributed by atoms with Crippen molar-refractivity contribution in [2.75, 3.05) is 0 Å². The first-order valence-corrected chi connectivity index (χ1v) is 11.3. The molecule has 70 valence electrons. The monoisotopic (exact) mass is 284 g/mol. The summed E-state index contributed by atoms with van der Waals surface area (Å²) < 4.78 is 1.26. The van der Waals surface area contributed by atoms with Crippen molar-refractivity contribution in [2.24, 2.45) is 0 Å². The van der Waals surface area contributed by atoms with E-state index < -0.39 is 20.2 Å². The summed E-state index contributed by atoms with van der Waals surface area (Å²) in [5, 5.41) is 0. The predicted octanol–water partition coefficient (Wildman–Crippen LogP) is 2.73. The number of benzene rings is 1. The van der Waals surface area contributed by atoms with Gasteiger partial charge in [-0.1, -0.05) is 0 Å². The van der Waals surface area contributed by atoms with Crippen LogP contribution in [-0.2, 0) is 4.37 Å². The molecular formula is C11H15OSb. The van der Waals surface area contributed by atoms with Gasteiger partial charge in [0.2, 0.25) is 0 Å². The summed E-state index contributed by atoms with van der Waals surface area (Å²) in [6.45, 7) is 1.61. The Morgan fingerprint density at radius 3 is 2.15 bits per heavy atom. The summed E-state index contributed by atoms with van der Waals surface area (Å²) in [6.07, 6.45) is 0. The van der Waals surface area contributed by atoms with Gasteiger partial charge in [0.05, 0.1) is 0 Å². The number of carbonyl (C=O) groups is 1. The van der Waals surface area contributed by atoms with Gasteiger partial charge >= 0.3 is 87.2 Å². The van der Waals surface area contributed by atoms with Crippen molar-refractivity contribution in [3.63, 3.8) is 0 Å². The maximum atomic E-state index is 11.0. The van der Waals surface area contributed by atoms with Crippen LogP contribution in [0.15, 0.2) is 24.3 Å². The van der Waals surface area contributed by atoms with Gasteiger partial charge in [0.15, 0.2) is 0 Å². The van der Waals surface area contributed by atoms with Crippen LogP contribution in [0.1, 0.15) is 22.8 Å². The molecule has 0 aromatic heterocycles. The number of rotatable bonds is 3. The van der Waals surface area contributed by atoms with Crippen LogP contribution in [0.3, 0.4) is 0 Å². The Balaban J connectivity index is 2.75. The fourth-order valence-corrected chi connectivity index (χ4v) is 3.90. The number of hydrogen-bond donors (Lipinski definition) is 0. The first-order valence-electron chi connectivity index (χ1n) is 4.34. The van der Waals surface area contributed by atoms with Crippen molar-refractivity contribution in [3.8, 4) is 0 Å². The molecule has 1 aromatic rings. The molecule has 0 aliphatic heterocycles. The van der Waals surface area contributed by atoms with Crippen LogP contribution in [0.4, 0.5) is 0 Å². The van der Waals surface area contributed by atoms with Gasteiger partial charge < -0.3 is 0 Å². The summed E-state index contributed by atoms with van der Waals surface area (Å²) in [6, 6.07) is 8.03. The topological polar surface area (TPSA) is 17.1 Å². The Morgan fingerprint density at radius 2 is 1.77 bits per heavy atom. The minimum absolute atomic E-state index is 0.150. The SMILES string of the molecule is CC(=O)c1ccc([CH2][Sb]([CH3])[CH3])cc1. The van der Waals surface area contributed by atoms with Gasteiger partial charge in [0, 0.05) is 0 Å². The molecule has 0 bridgehead atoms. The van der Waals surface area contributed by atoms with Gasteiger partial charge in [-0.2, -0.15) is 0 Å². The average Bonchev–Trinajstić information content (AvgIpc) is 2.04. The molecule has 13 heavy (non-hydrogen) atoms. The molecule has 0 aliphatic carbocycles. The second-order valence-electron chi connectivity index (χ2n) is 3.49. The van der Waals surface area contributed by atoms with E-state index in [9.17, 15) is 4.79 Å². The van der Waals surface area contributed by atoms with Crippen molar-refractivity contribution < 1.29 is 4.79 Å². The van der Waals surface area contributed by atoms with E-state index in [1.54, 1.807) is 6.92 Å². The molecule has 1 nitrogen and oxygen atoms in total. The maximum absolute atomic E-state index is 11.0. The van der Waals surface area contributed by atoms with Crippen LogP contribution in [-0.4, -0.2) is 26.0 Å². The third-order valence-corrected chi connectivity index (χ3v) is 4.71. The number of carbonyl (C=O) groups excluding carboxylic acids is 1. The van der Waals surface area contributed by atoms with Crippen molar-refractivity contribution in [3.05, 3.63) is 35.4 Å². The van der Waals surface area contributed by atoms with Crippen LogP contribution in [0.25, 0.3) is 0 Å². The van der Waals surface area contributed by atoms with E-state index in [1.165, 1.54) is 9.93 Å². The van der Waals surface area contributed by atoms with E-state index in [4.69, 9.17) is 0 Å². The van der Waals surface area contributed by atoms with Gasteiger partial charge in [0.25, 0.3) is 0 Å². The van der Waals surface area contributed by atoms with Gasteiger partial charge in [-0.15, -0.1) is 0 Å². The van der Waals surface area contributed by atoms with Crippen molar-refractivity contribution in [2.45, 2.75) is 21.0 Å². The zero-order chi connectivity index (χ0) is 9.84. The van der Waals surface area contributed by atoms with E-state index in [-0.39, 0.29) is 5.78 Å². The molecule has 0 N–H and O–H groups in total. The van der Waals surface area contributed by atoms with Gasteiger partial charge in [-0.3, -0.25) is 0 Å². The Hall–Kier alpha value is -0.292. The molecule has 0 saturated carbocycles. The van der Waals surface area contributed by atoms with Crippen LogP contribution in [0.2, 0.25) is 9.74 Å². The zero-order valence-corrected chi connectivity index (χ0v) is 10.9. The molecule has 1 aromatic carbocycles. The summed E-state index contributed by atoms with van der Waals surface area (Å²) in [5.41, 5.74) is 2.21. The van der Waals surface area contributed by atoms with Crippen LogP contribution in [0, 0.1) is 0 Å². The Kier molecular flexibility index (Phi) is 3.99. The molecular weight excluding hydrogens is 270 g/mol. The molecule has 0 aliphatic rings. The molecule has 0 fully saturated rings. The third-order valence-electron chi connectivity index (χ3n) is 1.86. The normalized spacial score (nSPS) is 10.5. The van der Waals surface area contributed by atoms with Crippen molar-refractivity contribution in [1.82, 2.24) is 0 Å². The van der Waals surface area contributed by atoms with E-state index in [2.05, 4.69) is 21.9 Å². The molecule has 2 heteroatoms. The Morgan fingerprint density at radius 1 is 1.23 bits per heavy atom. The first-order chi connectivity index (χ1) is 6.09. The number of ketones is 1. The fraction of sp³-hybridized carbons (Fsp3) is 0.364. The summed E-state index contributed by atoms with van der Waals surface area (Å²) in [7, 11) is 0. The molecule has 0 heterocycles. The summed E-state index contributed by atoms with van der Waals surface area (Å²) in [4.78, 5) is 15.7. The van der Waals surface area contributed by atoms with Crippen molar-refractivity contribution in [1.29, 1.82) is 0 Å². The van der Waals surface area contributed by atoms with Gasteiger partial charge in [0.1, 0.15) is 0 Å². The van der Waals surface area contributed by atoms with Crippen LogP contribution in [0.5, 0.6) is 0 Å². The first kappa shape index (κ1) is 10.8. The van der Waals surface area contributed by atoms with E-state index in [1.807, 2.05) is 12.1 Å². The van der Waals surface area contributed by atoms with Crippen LogP contribution >= 0.6 is 0 Å². The molecule has 0 atom stereocenters. The third kappa shape index (κ3) is 3.52. The van der Waals surface area contributed by atoms with E-state index >= 15 is 0 Å². The summed E-state index contributed by atoms with van der Waals surface area (Å²) in [5.74, 6) is 0.150. The summed E-state index contributed by atoms with van der Waals surface area (Å²) >= 11 is -0.904. The predicted molar refractivity (Wildman–Crippen MR) is 57.6 cm³/mol. The molecule has 0 spiro atoms. The molecule has 0 saturated heterocycles. The molecule has 0 radical (unpaired) electrons. The number of hydrogen-bond acceptors (Lipinski definition) is 1. The average molecular weight is 285 g/mol. The Labute approximate surface area is 87.1 Å². The fourth-order valence-electron chi connectivity index (χ4n) is 1.21. The van der Waals surface area contributed by atoms with E-state index in [0.29, 0.717) is 0 Å². The Bertz CT molecular complexity index is 287. The standard InChI is InChI=1S/C9H9O.2CH3.Sb/c1-7-3-5-9(6-4-7)8(2)10;;;/h3-6H,1H2,2H3;2*1H3;. The second-order valence-corrected chi connectivity index (χ2v) is 10.6.